The maximum absolute atomic E-state index is 13.1. The molecule has 2 aromatic rings. The minimum absolute atomic E-state index is 0.0636. The average Bonchev–Trinajstić information content (AvgIpc) is 3.08. The van der Waals surface area contributed by atoms with Crippen LogP contribution in [0.15, 0.2) is 47.1 Å². The van der Waals surface area contributed by atoms with Crippen LogP contribution in [0.3, 0.4) is 0 Å². The molecule has 1 aliphatic carbocycles. The Balaban J connectivity index is 1.89. The molecule has 29 heavy (non-hydrogen) atoms. The molecule has 0 saturated heterocycles. The van der Waals surface area contributed by atoms with Crippen LogP contribution in [0.2, 0.25) is 5.02 Å². The molecule has 1 aromatic heterocycles. The maximum Gasteiger partial charge on any atom is 0.319 e. The fourth-order valence-electron chi connectivity index (χ4n) is 3.10. The second-order valence-corrected chi connectivity index (χ2v) is 9.36. The Morgan fingerprint density at radius 2 is 2.00 bits per heavy atom. The number of carbonyl (C=O) groups excluding carboxylic acids is 1. The summed E-state index contributed by atoms with van der Waals surface area (Å²) in [4.78, 5) is 19.8. The van der Waals surface area contributed by atoms with E-state index in [9.17, 15) is 18.3 Å². The largest absolute Gasteiger partial charge is 0.504 e. The summed E-state index contributed by atoms with van der Waals surface area (Å²) >= 11 is 6.09. The van der Waals surface area contributed by atoms with Crippen LogP contribution in [0, 0.1) is 0 Å². The lowest BCUT2D eigenvalue weighted by atomic mass is 10.2. The van der Waals surface area contributed by atoms with E-state index in [2.05, 4.69) is 20.6 Å². The number of anilines is 1. The summed E-state index contributed by atoms with van der Waals surface area (Å²) in [6, 6.07) is 3.57. The smallest absolute Gasteiger partial charge is 0.319 e. The van der Waals surface area contributed by atoms with Crippen molar-refractivity contribution in [2.45, 2.75) is 42.9 Å². The monoisotopic (exact) mass is 436 g/mol. The van der Waals surface area contributed by atoms with Crippen molar-refractivity contribution in [1.29, 1.82) is 0 Å². The minimum atomic E-state index is -4.13. The first-order chi connectivity index (χ1) is 13.7. The number of nitrogens with one attached hydrogen (secondary N) is 2. The minimum Gasteiger partial charge on any atom is -0.504 e. The molecule has 1 aromatic carbocycles. The van der Waals surface area contributed by atoms with E-state index in [0.717, 1.165) is 18.4 Å². The summed E-state index contributed by atoms with van der Waals surface area (Å²) < 4.78 is 26.1. The zero-order valence-corrected chi connectivity index (χ0v) is 17.5. The van der Waals surface area contributed by atoms with E-state index in [1.54, 1.807) is 6.07 Å². The van der Waals surface area contributed by atoms with Gasteiger partial charge < -0.3 is 15.7 Å². The fraction of sp³-hybridized carbons (Fsp3) is 0.316. The van der Waals surface area contributed by atoms with E-state index >= 15 is 0 Å². The molecule has 8 nitrogen and oxygen atoms in total. The van der Waals surface area contributed by atoms with Crippen LogP contribution >= 0.6 is 11.6 Å². The standard InChI is InChI=1S/C19H21ClN4O4S/c1-11-5-3-6-14(11)23-19(26)24-15-8-7-13(20)17(16(15)25)29(27,28)12(2)18-21-9-4-10-22-18/h4-5,7-10,12,14,25H,3,6H2,1-2H3,(H2,23,24,26). The number of allylic oxidation sites excluding steroid dienone is 1. The summed E-state index contributed by atoms with van der Waals surface area (Å²) in [5.74, 6) is -0.559. The van der Waals surface area contributed by atoms with E-state index in [4.69, 9.17) is 11.6 Å². The number of phenols is 1. The van der Waals surface area contributed by atoms with E-state index in [-0.39, 0.29) is 22.6 Å². The Morgan fingerprint density at radius 3 is 2.62 bits per heavy atom. The Morgan fingerprint density at radius 1 is 1.31 bits per heavy atom. The Hall–Kier alpha value is -2.65. The molecule has 0 saturated carbocycles. The highest BCUT2D eigenvalue weighted by atomic mass is 35.5. The van der Waals surface area contributed by atoms with Gasteiger partial charge in [-0.25, -0.2) is 23.2 Å². The third-order valence-corrected chi connectivity index (χ3v) is 7.36. The van der Waals surface area contributed by atoms with E-state index in [1.807, 2.05) is 13.0 Å². The number of hydrogen-bond acceptors (Lipinski definition) is 6. The van der Waals surface area contributed by atoms with Gasteiger partial charge in [0, 0.05) is 12.4 Å². The lowest BCUT2D eigenvalue weighted by molar-refractivity contribution is 0.249. The first-order valence-electron chi connectivity index (χ1n) is 8.98. The van der Waals surface area contributed by atoms with E-state index in [0.29, 0.717) is 0 Å². The van der Waals surface area contributed by atoms with Gasteiger partial charge >= 0.3 is 6.03 Å². The molecule has 1 aliphatic rings. The normalized spacial score (nSPS) is 17.5. The second-order valence-electron chi connectivity index (χ2n) is 6.74. The number of phenolic OH excluding ortho intramolecular Hbond substituents is 1. The lowest BCUT2D eigenvalue weighted by Gasteiger charge is -2.18. The molecule has 154 valence electrons. The summed E-state index contributed by atoms with van der Waals surface area (Å²) in [7, 11) is -4.13. The van der Waals surface area contributed by atoms with Crippen molar-refractivity contribution in [2.75, 3.05) is 5.32 Å². The summed E-state index contributed by atoms with van der Waals surface area (Å²) in [5.41, 5.74) is 0.992. The van der Waals surface area contributed by atoms with E-state index in [1.165, 1.54) is 31.5 Å². The Kier molecular flexibility index (Phi) is 6.09. The molecule has 2 unspecified atom stereocenters. The summed E-state index contributed by atoms with van der Waals surface area (Å²) in [6.07, 6.45) is 6.57. The molecule has 1 heterocycles. The number of amides is 2. The molecular weight excluding hydrogens is 416 g/mol. The number of carbonyl (C=O) groups is 1. The molecule has 0 fully saturated rings. The molecule has 2 atom stereocenters. The van der Waals surface area contributed by atoms with E-state index < -0.39 is 31.8 Å². The predicted octanol–water partition coefficient (Wildman–Crippen LogP) is 3.60. The van der Waals surface area contributed by atoms with Crippen LogP contribution < -0.4 is 10.6 Å². The first kappa shape index (κ1) is 21.1. The van der Waals surface area contributed by atoms with Gasteiger partial charge in [-0.15, -0.1) is 0 Å². The number of benzene rings is 1. The van der Waals surface area contributed by atoms with Gasteiger partial charge in [0.2, 0.25) is 0 Å². The number of urea groups is 1. The van der Waals surface area contributed by atoms with Crippen molar-refractivity contribution >= 4 is 33.2 Å². The highest BCUT2D eigenvalue weighted by Crippen LogP contribution is 2.41. The van der Waals surface area contributed by atoms with Crippen LogP contribution in [-0.4, -0.2) is 35.6 Å². The van der Waals surface area contributed by atoms with Gasteiger partial charge in [0.1, 0.15) is 16.0 Å². The SMILES string of the molecule is CC1=CCCC1NC(=O)Nc1ccc(Cl)c(S(=O)(=O)C(C)c2ncccn2)c1O. The number of nitrogens with zero attached hydrogens (tertiary/aromatic N) is 2. The molecule has 3 rings (SSSR count). The van der Waals surface area contributed by atoms with Gasteiger partial charge in [-0.05, 0) is 44.9 Å². The predicted molar refractivity (Wildman–Crippen MR) is 110 cm³/mol. The van der Waals surface area contributed by atoms with Crippen LogP contribution in [0.4, 0.5) is 10.5 Å². The van der Waals surface area contributed by atoms with Gasteiger partial charge in [0.25, 0.3) is 0 Å². The topological polar surface area (TPSA) is 121 Å². The molecule has 0 aliphatic heterocycles. The van der Waals surface area contributed by atoms with Crippen molar-refractivity contribution in [3.63, 3.8) is 0 Å². The lowest BCUT2D eigenvalue weighted by Crippen LogP contribution is -2.37. The third-order valence-electron chi connectivity index (χ3n) is 4.81. The summed E-state index contributed by atoms with van der Waals surface area (Å²) in [6.45, 7) is 3.33. The molecule has 0 radical (unpaired) electrons. The molecule has 2 amide bonds. The van der Waals surface area contributed by atoms with Crippen molar-refractivity contribution in [2.24, 2.45) is 0 Å². The van der Waals surface area contributed by atoms with Gasteiger partial charge in [0.05, 0.1) is 16.8 Å². The zero-order valence-electron chi connectivity index (χ0n) is 15.9. The summed E-state index contributed by atoms with van der Waals surface area (Å²) in [5, 5.41) is 14.6. The van der Waals surface area contributed by atoms with Crippen LogP contribution in [-0.2, 0) is 9.84 Å². The van der Waals surface area contributed by atoms with Crippen molar-refractivity contribution in [1.82, 2.24) is 15.3 Å². The van der Waals surface area contributed by atoms with Crippen molar-refractivity contribution in [3.05, 3.63) is 53.1 Å². The van der Waals surface area contributed by atoms with Crippen LogP contribution in [0.5, 0.6) is 5.75 Å². The molecule has 10 heteroatoms. The molecular formula is C19H21ClN4O4S. The number of hydrogen-bond donors (Lipinski definition) is 3. The van der Waals surface area contributed by atoms with Gasteiger partial charge in [0.15, 0.2) is 15.6 Å². The van der Waals surface area contributed by atoms with Crippen LogP contribution in [0.25, 0.3) is 0 Å². The zero-order chi connectivity index (χ0) is 21.2. The van der Waals surface area contributed by atoms with Gasteiger partial charge in [-0.3, -0.25) is 0 Å². The highest BCUT2D eigenvalue weighted by molar-refractivity contribution is 7.91. The molecule has 0 bridgehead atoms. The quantitative estimate of drug-likeness (QED) is 0.486. The number of rotatable bonds is 5. The highest BCUT2D eigenvalue weighted by Gasteiger charge is 2.33. The third kappa shape index (κ3) is 4.35. The number of aromatic hydroxyl groups is 1. The molecule has 0 spiro atoms. The second kappa shape index (κ2) is 8.38. The van der Waals surface area contributed by atoms with Gasteiger partial charge in [-0.2, -0.15) is 0 Å². The van der Waals surface area contributed by atoms with Gasteiger partial charge in [-0.1, -0.05) is 23.3 Å². The number of sulfone groups is 1. The number of aromatic nitrogens is 2. The number of halogens is 1. The van der Waals surface area contributed by atoms with Crippen molar-refractivity contribution in [3.8, 4) is 5.75 Å². The fourth-order valence-corrected chi connectivity index (χ4v) is 5.05. The Bertz CT molecular complexity index is 1060. The molecule has 3 N–H and O–H groups in total. The average molecular weight is 437 g/mol. The van der Waals surface area contributed by atoms with Crippen LogP contribution in [0.1, 0.15) is 37.8 Å². The van der Waals surface area contributed by atoms with Crippen molar-refractivity contribution < 1.29 is 18.3 Å². The first-order valence-corrected chi connectivity index (χ1v) is 10.9. The Labute approximate surface area is 174 Å². The maximum atomic E-state index is 13.1.